The van der Waals surface area contributed by atoms with E-state index in [1.54, 1.807) is 11.3 Å². The van der Waals surface area contributed by atoms with Gasteiger partial charge in [0.15, 0.2) is 0 Å². The van der Waals surface area contributed by atoms with Gasteiger partial charge in [0.1, 0.15) is 6.61 Å². The minimum absolute atomic E-state index is 0.00383. The van der Waals surface area contributed by atoms with E-state index in [1.165, 1.54) is 22.3 Å². The normalized spacial score (nSPS) is 25.1. The van der Waals surface area contributed by atoms with E-state index in [1.807, 2.05) is 4.90 Å². The molecule has 2 atom stereocenters. The molecule has 2 aliphatic heterocycles. The molecule has 1 amide bonds. The molecule has 2 fully saturated rings. The average molecular weight is 503 g/mol. The molecule has 36 heavy (non-hydrogen) atoms. The Bertz CT molecular complexity index is 1230. The molecule has 5 nitrogen and oxygen atoms in total. The predicted octanol–water partition coefficient (Wildman–Crippen LogP) is 6.29. The standard InChI is InChI=1S/C30H34N2O3S/c1-29(2,3)26-18-36-27(31-26)16-30(34)14-19-12-13-20(15-30)32(19)28(33)35-17-25-23-10-6-4-8-21(23)22-9-5-7-11-24(22)25/h4-11,18-20,25,34H,12-17H2,1-3H3. The first kappa shape index (κ1) is 23.7. The average Bonchev–Trinajstić information content (AvgIpc) is 3.51. The summed E-state index contributed by atoms with van der Waals surface area (Å²) in [5, 5.41) is 14.6. The van der Waals surface area contributed by atoms with Gasteiger partial charge in [-0.2, -0.15) is 0 Å². The van der Waals surface area contributed by atoms with Crippen LogP contribution in [0.25, 0.3) is 11.1 Å². The van der Waals surface area contributed by atoms with Crippen molar-refractivity contribution in [2.45, 2.75) is 81.9 Å². The van der Waals surface area contributed by atoms with Crippen molar-refractivity contribution in [2.75, 3.05) is 6.61 Å². The van der Waals surface area contributed by atoms with Crippen molar-refractivity contribution in [1.82, 2.24) is 9.88 Å². The Hall–Kier alpha value is -2.70. The van der Waals surface area contributed by atoms with Crippen LogP contribution in [0.2, 0.25) is 0 Å². The maximum Gasteiger partial charge on any atom is 0.410 e. The topological polar surface area (TPSA) is 62.7 Å². The van der Waals surface area contributed by atoms with Crippen LogP contribution in [-0.2, 0) is 16.6 Å². The SMILES string of the molecule is CC(C)(C)c1csc(CC2(O)CC3CCC(C2)N3C(=O)OCC2c3ccccc3-c3ccccc32)n1. The van der Waals surface area contributed by atoms with Gasteiger partial charge in [-0.3, -0.25) is 0 Å². The summed E-state index contributed by atoms with van der Waals surface area (Å²) in [7, 11) is 0. The summed E-state index contributed by atoms with van der Waals surface area (Å²) in [5.74, 6) is 0.0580. The molecule has 0 saturated carbocycles. The fourth-order valence-corrected chi connectivity index (χ4v) is 7.61. The van der Waals surface area contributed by atoms with Crippen LogP contribution in [0.3, 0.4) is 0 Å². The van der Waals surface area contributed by atoms with Crippen molar-refractivity contribution in [3.8, 4) is 11.1 Å². The van der Waals surface area contributed by atoms with E-state index in [-0.39, 0.29) is 29.5 Å². The number of carbonyl (C=O) groups is 1. The first-order valence-electron chi connectivity index (χ1n) is 13.0. The molecule has 6 rings (SSSR count). The smallest absolute Gasteiger partial charge is 0.410 e. The van der Waals surface area contributed by atoms with E-state index in [0.717, 1.165) is 23.5 Å². The highest BCUT2D eigenvalue weighted by Gasteiger charge is 2.50. The van der Waals surface area contributed by atoms with Crippen LogP contribution in [0.4, 0.5) is 4.79 Å². The number of rotatable bonds is 4. The van der Waals surface area contributed by atoms with Crippen molar-refractivity contribution < 1.29 is 14.6 Å². The lowest BCUT2D eigenvalue weighted by Crippen LogP contribution is -2.54. The zero-order chi connectivity index (χ0) is 25.1. The zero-order valence-corrected chi connectivity index (χ0v) is 22.1. The number of carbonyl (C=O) groups excluding carboxylic acids is 1. The number of ether oxygens (including phenoxy) is 1. The fourth-order valence-electron chi connectivity index (χ4n) is 6.45. The molecule has 1 aliphatic carbocycles. The molecule has 2 unspecified atom stereocenters. The number of fused-ring (bicyclic) bond motifs is 5. The Kier molecular flexibility index (Phi) is 5.73. The van der Waals surface area contributed by atoms with Gasteiger partial charge >= 0.3 is 6.09 Å². The Morgan fingerprint density at radius 1 is 1.06 bits per heavy atom. The number of amides is 1. The van der Waals surface area contributed by atoms with Crippen LogP contribution < -0.4 is 0 Å². The molecule has 188 valence electrons. The predicted molar refractivity (Wildman–Crippen MR) is 142 cm³/mol. The molecular weight excluding hydrogens is 468 g/mol. The van der Waals surface area contributed by atoms with Crippen LogP contribution in [0.5, 0.6) is 0 Å². The van der Waals surface area contributed by atoms with Gasteiger partial charge in [0.2, 0.25) is 0 Å². The van der Waals surface area contributed by atoms with Gasteiger partial charge < -0.3 is 14.7 Å². The quantitative estimate of drug-likeness (QED) is 0.455. The zero-order valence-electron chi connectivity index (χ0n) is 21.2. The highest BCUT2D eigenvalue weighted by atomic mass is 32.1. The highest BCUT2D eigenvalue weighted by Crippen LogP contribution is 2.46. The second kappa shape index (κ2) is 8.70. The van der Waals surface area contributed by atoms with E-state index in [2.05, 4.69) is 74.7 Å². The number of nitrogens with zero attached hydrogens (tertiary/aromatic N) is 2. The minimum Gasteiger partial charge on any atom is -0.448 e. The molecule has 3 heterocycles. The molecule has 3 aliphatic rings. The van der Waals surface area contributed by atoms with Gasteiger partial charge in [0.05, 0.1) is 16.3 Å². The summed E-state index contributed by atoms with van der Waals surface area (Å²) >= 11 is 1.63. The van der Waals surface area contributed by atoms with Gasteiger partial charge in [-0.05, 0) is 47.9 Å². The summed E-state index contributed by atoms with van der Waals surface area (Å²) in [6.45, 7) is 6.82. The lowest BCUT2D eigenvalue weighted by molar-refractivity contribution is -0.0480. The number of aromatic nitrogens is 1. The third-order valence-electron chi connectivity index (χ3n) is 8.20. The number of hydrogen-bond acceptors (Lipinski definition) is 5. The van der Waals surface area contributed by atoms with Crippen LogP contribution in [0.1, 0.15) is 74.2 Å². The Balaban J connectivity index is 1.13. The van der Waals surface area contributed by atoms with E-state index >= 15 is 0 Å². The van der Waals surface area contributed by atoms with Crippen LogP contribution in [-0.4, -0.2) is 45.4 Å². The lowest BCUT2D eigenvalue weighted by atomic mass is 9.84. The Labute approximate surface area is 217 Å². The van der Waals surface area contributed by atoms with Crippen molar-refractivity contribution in [2.24, 2.45) is 0 Å². The maximum atomic E-state index is 13.3. The van der Waals surface area contributed by atoms with Crippen LogP contribution >= 0.6 is 11.3 Å². The second-order valence-electron chi connectivity index (χ2n) is 11.8. The molecule has 2 bridgehead atoms. The van der Waals surface area contributed by atoms with Crippen molar-refractivity contribution in [3.05, 3.63) is 75.7 Å². The van der Waals surface area contributed by atoms with E-state index in [9.17, 15) is 9.90 Å². The number of hydrogen-bond donors (Lipinski definition) is 1. The maximum absolute atomic E-state index is 13.3. The Morgan fingerprint density at radius 3 is 2.19 bits per heavy atom. The monoisotopic (exact) mass is 502 g/mol. The van der Waals surface area contributed by atoms with Gasteiger partial charge in [-0.1, -0.05) is 69.3 Å². The second-order valence-corrected chi connectivity index (χ2v) is 12.7. The molecule has 0 radical (unpaired) electrons. The summed E-state index contributed by atoms with van der Waals surface area (Å²) < 4.78 is 5.98. The summed E-state index contributed by atoms with van der Waals surface area (Å²) in [6.07, 6.45) is 3.32. The largest absolute Gasteiger partial charge is 0.448 e. The van der Waals surface area contributed by atoms with Gasteiger partial charge in [0, 0.05) is 35.2 Å². The molecule has 0 spiro atoms. The van der Waals surface area contributed by atoms with Crippen molar-refractivity contribution >= 4 is 17.4 Å². The van der Waals surface area contributed by atoms with Crippen molar-refractivity contribution in [1.29, 1.82) is 0 Å². The molecule has 1 aromatic heterocycles. The first-order chi connectivity index (χ1) is 17.2. The third kappa shape index (κ3) is 4.14. The first-order valence-corrected chi connectivity index (χ1v) is 13.9. The fraction of sp³-hybridized carbons (Fsp3) is 0.467. The lowest BCUT2D eigenvalue weighted by Gasteiger charge is -2.43. The number of piperidine rings is 1. The van der Waals surface area contributed by atoms with E-state index in [4.69, 9.17) is 9.72 Å². The Morgan fingerprint density at radius 2 is 1.64 bits per heavy atom. The van der Waals surface area contributed by atoms with Crippen LogP contribution in [0.15, 0.2) is 53.9 Å². The highest BCUT2D eigenvalue weighted by molar-refractivity contribution is 7.09. The molecule has 1 N–H and O–H groups in total. The molecule has 2 saturated heterocycles. The number of thiazole rings is 1. The van der Waals surface area contributed by atoms with E-state index < -0.39 is 5.60 Å². The van der Waals surface area contributed by atoms with Crippen LogP contribution in [0, 0.1) is 0 Å². The van der Waals surface area contributed by atoms with Gasteiger partial charge in [-0.15, -0.1) is 11.3 Å². The molecular formula is C30H34N2O3S. The molecule has 3 aromatic rings. The third-order valence-corrected chi connectivity index (χ3v) is 9.05. The summed E-state index contributed by atoms with van der Waals surface area (Å²) in [4.78, 5) is 20.1. The van der Waals surface area contributed by atoms with E-state index in [0.29, 0.717) is 25.9 Å². The number of benzene rings is 2. The number of aliphatic hydroxyl groups is 1. The molecule has 6 heteroatoms. The molecule has 2 aromatic carbocycles. The summed E-state index contributed by atoms with van der Waals surface area (Å²) in [5.41, 5.74) is 5.16. The van der Waals surface area contributed by atoms with Gasteiger partial charge in [-0.25, -0.2) is 9.78 Å². The minimum atomic E-state index is -0.820. The summed E-state index contributed by atoms with van der Waals surface area (Å²) in [6, 6.07) is 16.8. The van der Waals surface area contributed by atoms with Gasteiger partial charge in [0.25, 0.3) is 0 Å². The van der Waals surface area contributed by atoms with Crippen molar-refractivity contribution in [3.63, 3.8) is 0 Å².